The van der Waals surface area contributed by atoms with E-state index in [1.54, 1.807) is 0 Å². The van der Waals surface area contributed by atoms with Crippen LogP contribution in [-0.2, 0) is 0 Å². The maximum Gasteiger partial charge on any atom is 0.160 e. The lowest BCUT2D eigenvalue weighted by molar-refractivity contribution is 1.18. The summed E-state index contributed by atoms with van der Waals surface area (Å²) in [5, 5.41) is 7.57. The predicted octanol–water partition coefficient (Wildman–Crippen LogP) is 15.2. The molecule has 0 N–H and O–H groups in total. The fraction of sp³-hybridized carbons (Fsp3) is 0. The van der Waals surface area contributed by atoms with E-state index in [1.165, 1.54) is 64.0 Å². The van der Waals surface area contributed by atoms with Crippen molar-refractivity contribution < 1.29 is 0 Å². The van der Waals surface area contributed by atoms with E-state index in [2.05, 4.69) is 182 Å². The zero-order valence-corrected chi connectivity index (χ0v) is 31.7. The second kappa shape index (κ2) is 13.8. The third kappa shape index (κ3) is 5.97. The molecule has 0 saturated carbocycles. The van der Waals surface area contributed by atoms with Crippen molar-refractivity contribution in [3.8, 4) is 67.3 Å². The van der Waals surface area contributed by atoms with Gasteiger partial charge in [-0.2, -0.15) is 0 Å². The van der Waals surface area contributed by atoms with Gasteiger partial charge in [-0.15, -0.1) is 11.3 Å². The number of rotatable bonds is 6. The van der Waals surface area contributed by atoms with E-state index < -0.39 is 0 Å². The second-order valence-electron chi connectivity index (χ2n) is 14.5. The van der Waals surface area contributed by atoms with Crippen LogP contribution in [-0.4, -0.2) is 9.97 Å². The molecule has 0 spiro atoms. The molecule has 0 fully saturated rings. The van der Waals surface area contributed by atoms with E-state index in [-0.39, 0.29) is 0 Å². The van der Waals surface area contributed by atoms with Crippen molar-refractivity contribution in [1.82, 2.24) is 9.97 Å². The fourth-order valence-corrected chi connectivity index (χ4v) is 9.40. The van der Waals surface area contributed by atoms with Crippen LogP contribution in [0.2, 0.25) is 0 Å². The van der Waals surface area contributed by atoms with Crippen molar-refractivity contribution in [2.45, 2.75) is 0 Å². The molecule has 0 aliphatic rings. The van der Waals surface area contributed by atoms with Crippen molar-refractivity contribution in [2.75, 3.05) is 0 Å². The van der Waals surface area contributed by atoms with Gasteiger partial charge in [0.25, 0.3) is 0 Å². The van der Waals surface area contributed by atoms with Crippen molar-refractivity contribution >= 4 is 53.1 Å². The quantitative estimate of drug-likeness (QED) is 0.159. The highest BCUT2D eigenvalue weighted by Gasteiger charge is 2.18. The van der Waals surface area contributed by atoms with Crippen LogP contribution in [0.1, 0.15) is 0 Å². The minimum Gasteiger partial charge on any atom is -0.228 e. The SMILES string of the molecule is c1ccc(-c2cc(-c3cc(-c4ccc5sc6ccccc6c5c4)cc(-c4ccccc4-c4cc5ccccc5c5ccccc45)c3)nc(-c3ccccc3)n2)cc1. The average molecular weight is 743 g/mol. The molecule has 11 rings (SSSR count). The van der Waals surface area contributed by atoms with Crippen molar-refractivity contribution in [3.63, 3.8) is 0 Å². The molecule has 0 atom stereocenters. The van der Waals surface area contributed by atoms with Crippen molar-refractivity contribution in [3.05, 3.63) is 206 Å². The van der Waals surface area contributed by atoms with Gasteiger partial charge < -0.3 is 0 Å². The summed E-state index contributed by atoms with van der Waals surface area (Å²) < 4.78 is 2.60. The minimum absolute atomic E-state index is 0.702. The van der Waals surface area contributed by atoms with Gasteiger partial charge in [0, 0.05) is 36.9 Å². The minimum atomic E-state index is 0.702. The van der Waals surface area contributed by atoms with Crippen LogP contribution in [0.3, 0.4) is 0 Å². The molecule has 0 aliphatic heterocycles. The summed E-state index contributed by atoms with van der Waals surface area (Å²) in [4.78, 5) is 10.4. The summed E-state index contributed by atoms with van der Waals surface area (Å²) in [6.07, 6.45) is 0. The number of benzene rings is 9. The first-order chi connectivity index (χ1) is 28.2. The molecule has 0 saturated heterocycles. The Bertz CT molecular complexity index is 3230. The van der Waals surface area contributed by atoms with Crippen LogP contribution in [0.5, 0.6) is 0 Å². The van der Waals surface area contributed by atoms with Gasteiger partial charge in [-0.25, -0.2) is 9.97 Å². The van der Waals surface area contributed by atoms with Gasteiger partial charge in [0.05, 0.1) is 11.4 Å². The summed E-state index contributed by atoms with van der Waals surface area (Å²) in [5.74, 6) is 0.702. The monoisotopic (exact) mass is 742 g/mol. The maximum atomic E-state index is 5.30. The highest BCUT2D eigenvalue weighted by atomic mass is 32.1. The molecular weight excluding hydrogens is 709 g/mol. The Labute approximate surface area is 335 Å². The number of aromatic nitrogens is 2. The number of hydrogen-bond acceptors (Lipinski definition) is 3. The molecule has 0 amide bonds. The lowest BCUT2D eigenvalue weighted by Crippen LogP contribution is -1.97. The highest BCUT2D eigenvalue weighted by Crippen LogP contribution is 2.43. The van der Waals surface area contributed by atoms with Crippen molar-refractivity contribution in [1.29, 1.82) is 0 Å². The molecule has 0 aliphatic carbocycles. The second-order valence-corrected chi connectivity index (χ2v) is 15.6. The molecular formula is C54H34N2S. The molecule has 3 heteroatoms. The Balaban J connectivity index is 1.17. The number of thiophene rings is 1. The van der Waals surface area contributed by atoms with Crippen LogP contribution >= 0.6 is 11.3 Å². The Kier molecular flexibility index (Phi) is 8.04. The topological polar surface area (TPSA) is 25.8 Å². The molecule has 2 aromatic heterocycles. The van der Waals surface area contributed by atoms with Crippen LogP contribution in [0.15, 0.2) is 206 Å². The maximum absolute atomic E-state index is 5.30. The van der Waals surface area contributed by atoms with Gasteiger partial charge in [0.1, 0.15) is 0 Å². The molecule has 266 valence electrons. The van der Waals surface area contributed by atoms with Crippen LogP contribution in [0.25, 0.3) is 109 Å². The lowest BCUT2D eigenvalue weighted by atomic mass is 9.87. The fourth-order valence-electron chi connectivity index (χ4n) is 8.32. The van der Waals surface area contributed by atoms with Crippen LogP contribution < -0.4 is 0 Å². The third-order valence-electron chi connectivity index (χ3n) is 11.1. The Morgan fingerprint density at radius 1 is 0.281 bits per heavy atom. The van der Waals surface area contributed by atoms with E-state index in [0.29, 0.717) is 5.82 Å². The summed E-state index contributed by atoms with van der Waals surface area (Å²) in [7, 11) is 0. The third-order valence-corrected chi connectivity index (χ3v) is 12.2. The van der Waals surface area contributed by atoms with E-state index >= 15 is 0 Å². The number of fused-ring (bicyclic) bond motifs is 6. The molecule has 0 unspecified atom stereocenters. The lowest BCUT2D eigenvalue weighted by Gasteiger charge is -2.17. The molecule has 57 heavy (non-hydrogen) atoms. The number of nitrogens with zero attached hydrogens (tertiary/aromatic N) is 2. The first-order valence-electron chi connectivity index (χ1n) is 19.3. The first kappa shape index (κ1) is 33.2. The standard InChI is InChI=1S/C54H34N2S/c1-3-15-35(16-4-1)50-34-51(56-54(55-50)36-17-5-2-6-18-36)41-30-39(37-27-28-53-49(32-37)47-25-13-14-26-52(47)57-53)29-40(31-41)43-21-9-10-23-45(43)48-33-38-19-7-8-20-42(38)44-22-11-12-24-46(44)48/h1-34H. The highest BCUT2D eigenvalue weighted by molar-refractivity contribution is 7.25. The van der Waals surface area contributed by atoms with Gasteiger partial charge in [0.2, 0.25) is 0 Å². The van der Waals surface area contributed by atoms with Gasteiger partial charge in [-0.05, 0) is 103 Å². The van der Waals surface area contributed by atoms with Crippen LogP contribution in [0, 0.1) is 0 Å². The average Bonchev–Trinajstić information content (AvgIpc) is 3.67. The number of hydrogen-bond donors (Lipinski definition) is 0. The molecule has 2 heterocycles. The van der Waals surface area contributed by atoms with Gasteiger partial charge >= 0.3 is 0 Å². The van der Waals surface area contributed by atoms with E-state index in [0.717, 1.165) is 39.2 Å². The van der Waals surface area contributed by atoms with E-state index in [9.17, 15) is 0 Å². The van der Waals surface area contributed by atoms with E-state index in [4.69, 9.17) is 9.97 Å². The first-order valence-corrected chi connectivity index (χ1v) is 20.1. The van der Waals surface area contributed by atoms with Crippen LogP contribution in [0.4, 0.5) is 0 Å². The predicted molar refractivity (Wildman–Crippen MR) is 243 cm³/mol. The van der Waals surface area contributed by atoms with Gasteiger partial charge in [-0.1, -0.05) is 158 Å². The Hall–Kier alpha value is -7.20. The molecule has 2 nitrogen and oxygen atoms in total. The summed E-state index contributed by atoms with van der Waals surface area (Å²) >= 11 is 1.85. The largest absolute Gasteiger partial charge is 0.228 e. The summed E-state index contributed by atoms with van der Waals surface area (Å²) in [6, 6.07) is 74.2. The van der Waals surface area contributed by atoms with E-state index in [1.807, 2.05) is 35.6 Å². The van der Waals surface area contributed by atoms with Gasteiger partial charge in [-0.3, -0.25) is 0 Å². The molecule has 0 radical (unpaired) electrons. The normalized spacial score (nSPS) is 11.5. The Morgan fingerprint density at radius 3 is 1.67 bits per heavy atom. The van der Waals surface area contributed by atoms with Crippen molar-refractivity contribution in [2.24, 2.45) is 0 Å². The summed E-state index contributed by atoms with van der Waals surface area (Å²) in [5.41, 5.74) is 11.9. The van der Waals surface area contributed by atoms with Gasteiger partial charge in [0.15, 0.2) is 5.82 Å². The molecule has 0 bridgehead atoms. The summed E-state index contributed by atoms with van der Waals surface area (Å²) in [6.45, 7) is 0. The smallest absolute Gasteiger partial charge is 0.160 e. The Morgan fingerprint density at radius 2 is 0.860 bits per heavy atom. The molecule has 11 aromatic rings. The molecule has 9 aromatic carbocycles. The zero-order valence-electron chi connectivity index (χ0n) is 30.9. The zero-order chi connectivity index (χ0) is 37.7.